The molecule has 0 radical (unpaired) electrons. The van der Waals surface area contributed by atoms with Crippen molar-refractivity contribution in [2.24, 2.45) is 5.73 Å². The average molecular weight is 175 g/mol. The molecule has 0 unspecified atom stereocenters. The molecule has 1 rings (SSSR count). The SMILES string of the molecule is Bc1ccc(CCNC(=N)N)cc1. The van der Waals surface area contributed by atoms with Crippen molar-refractivity contribution in [1.82, 2.24) is 5.32 Å². The largest absolute Gasteiger partial charge is 0.370 e. The van der Waals surface area contributed by atoms with Gasteiger partial charge in [0.2, 0.25) is 0 Å². The number of hydrogen-bond donors (Lipinski definition) is 3. The van der Waals surface area contributed by atoms with Crippen LogP contribution in [0, 0.1) is 5.41 Å². The van der Waals surface area contributed by atoms with Gasteiger partial charge in [0, 0.05) is 6.54 Å². The fourth-order valence-electron chi connectivity index (χ4n) is 1.10. The summed E-state index contributed by atoms with van der Waals surface area (Å²) in [4.78, 5) is 0. The fourth-order valence-corrected chi connectivity index (χ4v) is 1.10. The van der Waals surface area contributed by atoms with Gasteiger partial charge in [-0.05, 0) is 12.0 Å². The number of nitrogens with two attached hydrogens (primary N) is 1. The van der Waals surface area contributed by atoms with Crippen LogP contribution in [0.4, 0.5) is 0 Å². The van der Waals surface area contributed by atoms with Gasteiger partial charge in [-0.3, -0.25) is 5.41 Å². The first-order chi connectivity index (χ1) is 6.18. The van der Waals surface area contributed by atoms with E-state index in [-0.39, 0.29) is 5.96 Å². The lowest BCUT2D eigenvalue weighted by Gasteiger charge is -2.03. The minimum absolute atomic E-state index is 0.0344. The summed E-state index contributed by atoms with van der Waals surface area (Å²) in [6.45, 7) is 0.721. The van der Waals surface area contributed by atoms with Gasteiger partial charge in [0.25, 0.3) is 0 Å². The fraction of sp³-hybridized carbons (Fsp3) is 0.222. The van der Waals surface area contributed by atoms with Crippen molar-refractivity contribution in [3.05, 3.63) is 29.8 Å². The molecule has 1 aromatic carbocycles. The average Bonchev–Trinajstić information content (AvgIpc) is 2.08. The second-order valence-corrected chi connectivity index (χ2v) is 3.08. The maximum absolute atomic E-state index is 6.96. The summed E-state index contributed by atoms with van der Waals surface area (Å²) in [5.74, 6) is 0.0344. The van der Waals surface area contributed by atoms with Crippen LogP contribution >= 0.6 is 0 Å². The van der Waals surface area contributed by atoms with Crippen LogP contribution in [0.5, 0.6) is 0 Å². The Bertz CT molecular complexity index is 281. The molecule has 68 valence electrons. The molecule has 0 bridgehead atoms. The third kappa shape index (κ3) is 3.65. The highest BCUT2D eigenvalue weighted by atomic mass is 15.0. The van der Waals surface area contributed by atoms with Crippen LogP contribution in [-0.4, -0.2) is 20.4 Å². The van der Waals surface area contributed by atoms with Crippen LogP contribution in [0.25, 0.3) is 0 Å². The van der Waals surface area contributed by atoms with E-state index in [2.05, 4.69) is 37.4 Å². The summed E-state index contributed by atoms with van der Waals surface area (Å²) < 4.78 is 0. The molecule has 1 aromatic rings. The Kier molecular flexibility index (Phi) is 3.37. The number of hydrogen-bond acceptors (Lipinski definition) is 1. The highest BCUT2D eigenvalue weighted by Crippen LogP contribution is 1.96. The minimum Gasteiger partial charge on any atom is -0.370 e. The molecular weight excluding hydrogens is 161 g/mol. The summed E-state index contributed by atoms with van der Waals surface area (Å²) in [7, 11) is 2.07. The van der Waals surface area contributed by atoms with E-state index in [0.29, 0.717) is 0 Å². The van der Waals surface area contributed by atoms with E-state index in [9.17, 15) is 0 Å². The molecular formula is C9H14BN3. The van der Waals surface area contributed by atoms with Crippen molar-refractivity contribution in [2.45, 2.75) is 6.42 Å². The van der Waals surface area contributed by atoms with Crippen molar-refractivity contribution >= 4 is 19.3 Å². The topological polar surface area (TPSA) is 61.9 Å². The third-order valence-corrected chi connectivity index (χ3v) is 1.85. The zero-order valence-corrected chi connectivity index (χ0v) is 7.80. The molecule has 0 aromatic heterocycles. The quantitative estimate of drug-likeness (QED) is 0.312. The molecule has 0 fully saturated rings. The molecule has 0 heterocycles. The lowest BCUT2D eigenvalue weighted by molar-refractivity contribution is 0.854. The summed E-state index contributed by atoms with van der Waals surface area (Å²) in [6.07, 6.45) is 0.903. The molecule has 4 N–H and O–H groups in total. The standard InChI is InChI=1S/C9H14BN3/c10-8-3-1-7(2-4-8)5-6-13-9(11)12/h1-4H,5-6,10H2,(H4,11,12,13). The van der Waals surface area contributed by atoms with Crippen LogP contribution in [0.1, 0.15) is 5.56 Å². The lowest BCUT2D eigenvalue weighted by atomic mass is 9.95. The van der Waals surface area contributed by atoms with Gasteiger partial charge in [-0.25, -0.2) is 0 Å². The van der Waals surface area contributed by atoms with Crippen LogP contribution in [0.15, 0.2) is 24.3 Å². The Morgan fingerprint density at radius 1 is 1.38 bits per heavy atom. The Morgan fingerprint density at radius 3 is 2.54 bits per heavy atom. The van der Waals surface area contributed by atoms with Gasteiger partial charge in [0.15, 0.2) is 5.96 Å². The first kappa shape index (κ1) is 9.64. The van der Waals surface area contributed by atoms with E-state index in [0.717, 1.165) is 13.0 Å². The highest BCUT2D eigenvalue weighted by Gasteiger charge is 1.92. The predicted octanol–water partition coefficient (Wildman–Crippen LogP) is -1.03. The van der Waals surface area contributed by atoms with Gasteiger partial charge in [-0.1, -0.05) is 29.7 Å². The lowest BCUT2D eigenvalue weighted by Crippen LogP contribution is -2.31. The van der Waals surface area contributed by atoms with Crippen molar-refractivity contribution in [1.29, 1.82) is 5.41 Å². The van der Waals surface area contributed by atoms with E-state index in [1.165, 1.54) is 11.0 Å². The van der Waals surface area contributed by atoms with Crippen molar-refractivity contribution in [2.75, 3.05) is 6.54 Å². The van der Waals surface area contributed by atoms with Gasteiger partial charge in [-0.2, -0.15) is 0 Å². The third-order valence-electron chi connectivity index (χ3n) is 1.85. The second kappa shape index (κ2) is 4.55. The molecule has 3 nitrogen and oxygen atoms in total. The van der Waals surface area contributed by atoms with Gasteiger partial charge in [0.05, 0.1) is 0 Å². The van der Waals surface area contributed by atoms with Gasteiger partial charge in [0.1, 0.15) is 7.85 Å². The molecule has 0 aliphatic heterocycles. The first-order valence-electron chi connectivity index (χ1n) is 4.32. The van der Waals surface area contributed by atoms with Crippen LogP contribution in [-0.2, 0) is 6.42 Å². The molecule has 0 amide bonds. The van der Waals surface area contributed by atoms with E-state index in [1.54, 1.807) is 0 Å². The number of benzene rings is 1. The van der Waals surface area contributed by atoms with Gasteiger partial charge < -0.3 is 11.1 Å². The number of rotatable bonds is 3. The Morgan fingerprint density at radius 2 is 2.00 bits per heavy atom. The molecule has 0 atom stereocenters. The Hall–Kier alpha value is -1.45. The van der Waals surface area contributed by atoms with E-state index >= 15 is 0 Å². The molecule has 4 heteroatoms. The summed E-state index contributed by atoms with van der Waals surface area (Å²) >= 11 is 0. The molecule has 0 aliphatic rings. The first-order valence-corrected chi connectivity index (χ1v) is 4.32. The summed E-state index contributed by atoms with van der Waals surface area (Å²) in [5.41, 5.74) is 7.68. The minimum atomic E-state index is 0.0344. The smallest absolute Gasteiger partial charge is 0.185 e. The second-order valence-electron chi connectivity index (χ2n) is 3.08. The van der Waals surface area contributed by atoms with Crippen LogP contribution < -0.4 is 16.5 Å². The maximum atomic E-state index is 6.96. The molecule has 0 saturated carbocycles. The molecule has 13 heavy (non-hydrogen) atoms. The molecule has 0 aliphatic carbocycles. The van der Waals surface area contributed by atoms with Crippen molar-refractivity contribution in [3.63, 3.8) is 0 Å². The maximum Gasteiger partial charge on any atom is 0.185 e. The van der Waals surface area contributed by atoms with Crippen molar-refractivity contribution < 1.29 is 0 Å². The molecule has 0 saturated heterocycles. The van der Waals surface area contributed by atoms with E-state index < -0.39 is 0 Å². The van der Waals surface area contributed by atoms with Gasteiger partial charge in [-0.15, -0.1) is 0 Å². The zero-order chi connectivity index (χ0) is 9.68. The summed E-state index contributed by atoms with van der Waals surface area (Å²) in [5, 5.41) is 9.73. The van der Waals surface area contributed by atoms with Crippen LogP contribution in [0.2, 0.25) is 0 Å². The monoisotopic (exact) mass is 175 g/mol. The Labute approximate surface area is 79.3 Å². The molecule has 0 spiro atoms. The van der Waals surface area contributed by atoms with E-state index in [4.69, 9.17) is 11.1 Å². The summed E-state index contributed by atoms with van der Waals surface area (Å²) in [6, 6.07) is 8.36. The van der Waals surface area contributed by atoms with Crippen LogP contribution in [0.3, 0.4) is 0 Å². The van der Waals surface area contributed by atoms with Crippen molar-refractivity contribution in [3.8, 4) is 0 Å². The highest BCUT2D eigenvalue weighted by molar-refractivity contribution is 6.32. The number of nitrogens with one attached hydrogen (secondary N) is 2. The zero-order valence-electron chi connectivity index (χ0n) is 7.80. The van der Waals surface area contributed by atoms with Gasteiger partial charge >= 0.3 is 0 Å². The number of guanidine groups is 1. The Balaban J connectivity index is 2.37. The predicted molar refractivity (Wildman–Crippen MR) is 58.2 cm³/mol. The normalized spacial score (nSPS) is 9.54. The van der Waals surface area contributed by atoms with E-state index in [1.807, 2.05) is 0 Å².